The van der Waals surface area contributed by atoms with Gasteiger partial charge in [-0.25, -0.2) is 4.79 Å². The minimum atomic E-state index is -0.548. The topological polar surface area (TPSA) is 72.7 Å². The molecular weight excluding hydrogens is 212 g/mol. The molecule has 6 nitrogen and oxygen atoms in total. The van der Waals surface area contributed by atoms with Crippen LogP contribution in [0.2, 0.25) is 0 Å². The highest BCUT2D eigenvalue weighted by Crippen LogP contribution is 2.32. The van der Waals surface area contributed by atoms with Crippen LogP contribution in [0.1, 0.15) is 10.4 Å². The molecule has 16 heavy (non-hydrogen) atoms. The lowest BCUT2D eigenvalue weighted by atomic mass is 10.1. The number of cyclic esters (lactones) is 1. The number of esters is 1. The van der Waals surface area contributed by atoms with Crippen molar-refractivity contribution in [1.29, 1.82) is 0 Å². The molecule has 82 valence electrons. The van der Waals surface area contributed by atoms with Crippen molar-refractivity contribution in [3.05, 3.63) is 46.3 Å². The molecule has 1 aromatic carbocycles. The van der Waals surface area contributed by atoms with Crippen molar-refractivity contribution < 1.29 is 14.5 Å². The van der Waals surface area contributed by atoms with Gasteiger partial charge in [-0.3, -0.25) is 10.1 Å². The molecule has 0 N–H and O–H groups in total. The first-order valence-corrected chi connectivity index (χ1v) is 4.44. The molecule has 0 aliphatic carbocycles. The molecule has 1 heterocycles. The smallest absolute Gasteiger partial charge is 0.346 e. The standard InChI is InChI=1S/C10H8N2O4/c1-6-11(2)9-5-7(12(14)15)3-4-8(9)10(13)16-6/h3-5H,1H2,2H3. The number of nitro groups is 1. The molecule has 0 spiro atoms. The van der Waals surface area contributed by atoms with Crippen LogP contribution < -0.4 is 4.90 Å². The maximum Gasteiger partial charge on any atom is 0.346 e. The average Bonchev–Trinajstić information content (AvgIpc) is 2.25. The van der Waals surface area contributed by atoms with E-state index in [0.717, 1.165) is 0 Å². The quantitative estimate of drug-likeness (QED) is 0.409. The molecule has 0 bridgehead atoms. The predicted molar refractivity (Wildman–Crippen MR) is 56.1 cm³/mol. The minimum absolute atomic E-state index is 0.0758. The highest BCUT2D eigenvalue weighted by Gasteiger charge is 2.27. The van der Waals surface area contributed by atoms with Crippen LogP contribution in [0, 0.1) is 10.1 Å². The fraction of sp³-hybridized carbons (Fsp3) is 0.100. The second-order valence-electron chi connectivity index (χ2n) is 3.30. The number of hydrogen-bond donors (Lipinski definition) is 0. The van der Waals surface area contributed by atoms with Crippen molar-refractivity contribution in [2.24, 2.45) is 0 Å². The van der Waals surface area contributed by atoms with Gasteiger partial charge in [0, 0.05) is 19.2 Å². The van der Waals surface area contributed by atoms with Crippen molar-refractivity contribution in [3.8, 4) is 0 Å². The zero-order chi connectivity index (χ0) is 11.9. The highest BCUT2D eigenvalue weighted by molar-refractivity contribution is 5.99. The number of ether oxygens (including phenoxy) is 1. The van der Waals surface area contributed by atoms with Crippen LogP contribution in [0.4, 0.5) is 11.4 Å². The lowest BCUT2D eigenvalue weighted by molar-refractivity contribution is -0.384. The Morgan fingerprint density at radius 2 is 2.19 bits per heavy atom. The molecule has 0 saturated carbocycles. The van der Waals surface area contributed by atoms with E-state index in [-0.39, 0.29) is 11.6 Å². The summed E-state index contributed by atoms with van der Waals surface area (Å²) in [5.74, 6) is -0.397. The van der Waals surface area contributed by atoms with Crippen LogP contribution in [-0.4, -0.2) is 17.9 Å². The molecule has 0 fully saturated rings. The summed E-state index contributed by atoms with van der Waals surface area (Å²) in [6, 6.07) is 3.96. The van der Waals surface area contributed by atoms with Crippen molar-refractivity contribution in [3.63, 3.8) is 0 Å². The van der Waals surface area contributed by atoms with Crippen molar-refractivity contribution >= 4 is 17.3 Å². The summed E-state index contributed by atoms with van der Waals surface area (Å²) in [7, 11) is 1.62. The van der Waals surface area contributed by atoms with Gasteiger partial charge < -0.3 is 9.64 Å². The lowest BCUT2D eigenvalue weighted by Crippen LogP contribution is -2.27. The molecule has 1 aromatic rings. The van der Waals surface area contributed by atoms with E-state index in [1.165, 1.54) is 23.1 Å². The molecule has 0 atom stereocenters. The number of hydrogen-bond acceptors (Lipinski definition) is 5. The molecule has 0 aromatic heterocycles. The second-order valence-corrected chi connectivity index (χ2v) is 3.30. The highest BCUT2D eigenvalue weighted by atomic mass is 16.6. The zero-order valence-corrected chi connectivity index (χ0v) is 8.47. The van der Waals surface area contributed by atoms with E-state index < -0.39 is 10.9 Å². The maximum absolute atomic E-state index is 11.4. The SMILES string of the molecule is C=C1OC(=O)c2ccc([N+](=O)[O-])cc2N1C. The summed E-state index contributed by atoms with van der Waals surface area (Å²) in [5.41, 5.74) is 0.643. The summed E-state index contributed by atoms with van der Waals surface area (Å²) in [6.07, 6.45) is 0. The summed E-state index contributed by atoms with van der Waals surface area (Å²) in [4.78, 5) is 23.0. The van der Waals surface area contributed by atoms with Crippen LogP contribution in [0.15, 0.2) is 30.7 Å². The van der Waals surface area contributed by atoms with E-state index in [2.05, 4.69) is 6.58 Å². The number of nitrogens with zero attached hydrogens (tertiary/aromatic N) is 2. The first-order chi connectivity index (χ1) is 7.50. The Bertz CT molecular complexity index is 510. The predicted octanol–water partition coefficient (Wildman–Crippen LogP) is 1.67. The van der Waals surface area contributed by atoms with Gasteiger partial charge in [0.25, 0.3) is 5.69 Å². The molecule has 2 rings (SSSR count). The van der Waals surface area contributed by atoms with Crippen LogP contribution in [0.3, 0.4) is 0 Å². The van der Waals surface area contributed by atoms with Gasteiger partial charge in [-0.1, -0.05) is 0 Å². The number of nitro benzene ring substituents is 1. The summed E-state index contributed by atoms with van der Waals surface area (Å²) in [5, 5.41) is 10.6. The third-order valence-corrected chi connectivity index (χ3v) is 2.36. The number of anilines is 1. The van der Waals surface area contributed by atoms with Crippen LogP contribution in [0.25, 0.3) is 0 Å². The Morgan fingerprint density at radius 3 is 2.81 bits per heavy atom. The van der Waals surface area contributed by atoms with Gasteiger partial charge in [-0.05, 0) is 12.6 Å². The number of carbonyl (C=O) groups is 1. The summed E-state index contributed by atoms with van der Waals surface area (Å²) < 4.78 is 4.85. The van der Waals surface area contributed by atoms with Crippen LogP contribution in [-0.2, 0) is 4.74 Å². The van der Waals surface area contributed by atoms with Gasteiger partial charge in [0.1, 0.15) is 0 Å². The monoisotopic (exact) mass is 220 g/mol. The molecule has 1 aliphatic rings. The number of fused-ring (bicyclic) bond motifs is 1. The molecule has 0 amide bonds. The van der Waals surface area contributed by atoms with Gasteiger partial charge in [0.15, 0.2) is 5.88 Å². The second kappa shape index (κ2) is 3.34. The van der Waals surface area contributed by atoms with Crippen LogP contribution in [0.5, 0.6) is 0 Å². The fourth-order valence-corrected chi connectivity index (χ4v) is 1.45. The lowest BCUT2D eigenvalue weighted by Gasteiger charge is -2.27. The largest absolute Gasteiger partial charge is 0.406 e. The fourth-order valence-electron chi connectivity index (χ4n) is 1.45. The van der Waals surface area contributed by atoms with E-state index in [4.69, 9.17) is 4.74 Å². The van der Waals surface area contributed by atoms with Gasteiger partial charge in [0.2, 0.25) is 0 Å². The van der Waals surface area contributed by atoms with Crippen molar-refractivity contribution in [1.82, 2.24) is 0 Å². The Morgan fingerprint density at radius 1 is 1.50 bits per heavy atom. The molecule has 6 heteroatoms. The molecular formula is C10H8N2O4. The van der Waals surface area contributed by atoms with Crippen LogP contribution >= 0.6 is 0 Å². The van der Waals surface area contributed by atoms with E-state index >= 15 is 0 Å². The summed E-state index contributed by atoms with van der Waals surface area (Å²) >= 11 is 0. The van der Waals surface area contributed by atoms with Gasteiger partial charge >= 0.3 is 5.97 Å². The number of rotatable bonds is 1. The Balaban J connectivity index is 2.60. The van der Waals surface area contributed by atoms with Gasteiger partial charge in [-0.2, -0.15) is 0 Å². The number of carbonyl (C=O) groups excluding carboxylic acids is 1. The zero-order valence-electron chi connectivity index (χ0n) is 8.47. The summed E-state index contributed by atoms with van der Waals surface area (Å²) in [6.45, 7) is 3.53. The number of non-ortho nitro benzene ring substituents is 1. The van der Waals surface area contributed by atoms with E-state index in [1.54, 1.807) is 7.05 Å². The van der Waals surface area contributed by atoms with E-state index in [9.17, 15) is 14.9 Å². The van der Waals surface area contributed by atoms with Gasteiger partial charge in [-0.15, -0.1) is 0 Å². The van der Waals surface area contributed by atoms with E-state index in [1.807, 2.05) is 0 Å². The molecule has 0 radical (unpaired) electrons. The third-order valence-electron chi connectivity index (χ3n) is 2.36. The third kappa shape index (κ3) is 1.40. The Labute approximate surface area is 90.9 Å². The first-order valence-electron chi connectivity index (χ1n) is 4.44. The van der Waals surface area contributed by atoms with Gasteiger partial charge in [0.05, 0.1) is 16.2 Å². The minimum Gasteiger partial charge on any atom is -0.406 e. The normalized spacial score (nSPS) is 14.4. The Kier molecular flexibility index (Phi) is 2.12. The molecule has 0 unspecified atom stereocenters. The number of benzene rings is 1. The first kappa shape index (κ1) is 10.2. The van der Waals surface area contributed by atoms with E-state index in [0.29, 0.717) is 11.3 Å². The molecule has 1 aliphatic heterocycles. The molecule has 0 saturated heterocycles. The van der Waals surface area contributed by atoms with Crippen molar-refractivity contribution in [2.45, 2.75) is 0 Å². The maximum atomic E-state index is 11.4. The average molecular weight is 220 g/mol. The Hall–Kier alpha value is -2.37. The van der Waals surface area contributed by atoms with Crippen molar-refractivity contribution in [2.75, 3.05) is 11.9 Å².